The molecule has 0 saturated carbocycles. The van der Waals surface area contributed by atoms with Crippen LogP contribution < -0.4 is 10.2 Å². The first kappa shape index (κ1) is 27.5. The summed E-state index contributed by atoms with van der Waals surface area (Å²) in [5.74, 6) is -1.06. The Morgan fingerprint density at radius 1 is 0.857 bits per heavy atom. The number of aliphatic imine (C=N–C) groups is 1. The van der Waals surface area contributed by atoms with Crippen LogP contribution in [-0.4, -0.2) is 62.7 Å². The van der Waals surface area contributed by atoms with E-state index in [0.29, 0.717) is 30.3 Å². The Morgan fingerprint density at radius 3 is 2.26 bits per heavy atom. The molecule has 4 aromatic carbocycles. The highest BCUT2D eigenvalue weighted by atomic mass is 32.2. The van der Waals surface area contributed by atoms with Crippen molar-refractivity contribution < 1.29 is 22.7 Å². The van der Waals surface area contributed by atoms with Crippen molar-refractivity contribution in [3.8, 4) is 0 Å². The number of ether oxygens (including phenoxy) is 1. The monoisotopic (exact) mass is 580 g/mol. The molecule has 2 aliphatic rings. The fourth-order valence-corrected chi connectivity index (χ4v) is 6.52. The number of hydrogen-bond donors (Lipinski definition) is 1. The Labute approximate surface area is 244 Å². The van der Waals surface area contributed by atoms with Gasteiger partial charge < -0.3 is 10.1 Å². The van der Waals surface area contributed by atoms with Crippen molar-refractivity contribution in [3.63, 3.8) is 0 Å². The highest BCUT2D eigenvalue weighted by Crippen LogP contribution is 2.29. The van der Waals surface area contributed by atoms with E-state index in [1.165, 1.54) is 27.4 Å². The molecule has 1 atom stereocenters. The summed E-state index contributed by atoms with van der Waals surface area (Å²) < 4.78 is 33.4. The lowest BCUT2D eigenvalue weighted by Gasteiger charge is -2.29. The molecule has 0 aromatic heterocycles. The number of rotatable bonds is 6. The van der Waals surface area contributed by atoms with Crippen molar-refractivity contribution in [3.05, 3.63) is 126 Å². The third kappa shape index (κ3) is 5.35. The van der Waals surface area contributed by atoms with Crippen LogP contribution in [0.25, 0.3) is 0 Å². The molecule has 9 nitrogen and oxygen atoms in total. The maximum atomic E-state index is 14.3. The zero-order valence-corrected chi connectivity index (χ0v) is 23.4. The van der Waals surface area contributed by atoms with Crippen LogP contribution in [0.4, 0.5) is 11.4 Å². The number of nitrogens with one attached hydrogen (secondary N) is 1. The second kappa shape index (κ2) is 11.7. The van der Waals surface area contributed by atoms with Crippen LogP contribution in [0.1, 0.15) is 21.5 Å². The number of carbonyl (C=O) groups excluding carboxylic acids is 2. The van der Waals surface area contributed by atoms with Gasteiger partial charge in [0, 0.05) is 35.5 Å². The Bertz CT molecular complexity index is 1750. The van der Waals surface area contributed by atoms with E-state index in [4.69, 9.17) is 9.73 Å². The highest BCUT2D eigenvalue weighted by molar-refractivity contribution is 7.89. The number of para-hydroxylation sites is 2. The summed E-state index contributed by atoms with van der Waals surface area (Å²) in [6, 6.07) is 31.5. The number of anilines is 2. The molecule has 0 unspecified atom stereocenters. The smallest absolute Gasteiger partial charge is 0.270 e. The van der Waals surface area contributed by atoms with Crippen molar-refractivity contribution in [1.82, 2.24) is 4.31 Å². The summed E-state index contributed by atoms with van der Waals surface area (Å²) in [7, 11) is -3.86. The predicted molar refractivity (Wildman–Crippen MR) is 160 cm³/mol. The number of amides is 2. The Balaban J connectivity index is 1.46. The topological polar surface area (TPSA) is 108 Å². The molecule has 6 rings (SSSR count). The van der Waals surface area contributed by atoms with Crippen molar-refractivity contribution >= 4 is 38.9 Å². The van der Waals surface area contributed by atoms with Gasteiger partial charge in [0.2, 0.25) is 16.2 Å². The maximum absolute atomic E-state index is 14.3. The molecule has 0 aliphatic carbocycles. The standard InChI is InChI=1S/C32H28N4O5S/c37-31-30(34-29(23-10-3-1-4-11-23)27-16-7-8-17-28(27)33-31)36(25-13-5-2-6-14-25)32(38)24-12-9-15-26(22-24)42(39,40)35-18-20-41-21-19-35/h1-17,22,30H,18-21H2,(H,33,37)/t30-/m0/s1. The van der Waals surface area contributed by atoms with Gasteiger partial charge >= 0.3 is 0 Å². The fourth-order valence-electron chi connectivity index (χ4n) is 5.07. The quantitative estimate of drug-likeness (QED) is 0.368. The van der Waals surface area contributed by atoms with E-state index in [0.717, 1.165) is 11.1 Å². The number of hydrogen-bond acceptors (Lipinski definition) is 6. The molecule has 2 amide bonds. The average molecular weight is 581 g/mol. The minimum Gasteiger partial charge on any atom is -0.379 e. The third-order valence-electron chi connectivity index (χ3n) is 7.16. The van der Waals surface area contributed by atoms with Gasteiger partial charge in [-0.05, 0) is 36.4 Å². The summed E-state index contributed by atoms with van der Waals surface area (Å²) in [6.45, 7) is 1.08. The highest BCUT2D eigenvalue weighted by Gasteiger charge is 2.36. The Kier molecular flexibility index (Phi) is 7.66. The summed E-state index contributed by atoms with van der Waals surface area (Å²) >= 11 is 0. The zero-order valence-electron chi connectivity index (χ0n) is 22.6. The van der Waals surface area contributed by atoms with Crippen molar-refractivity contribution in [2.45, 2.75) is 11.1 Å². The van der Waals surface area contributed by atoms with Gasteiger partial charge in [-0.3, -0.25) is 14.5 Å². The van der Waals surface area contributed by atoms with E-state index in [1.54, 1.807) is 36.4 Å². The van der Waals surface area contributed by atoms with Gasteiger partial charge in [-0.1, -0.05) is 72.8 Å². The third-order valence-corrected chi connectivity index (χ3v) is 9.05. The lowest BCUT2D eigenvalue weighted by atomic mass is 10.0. The van der Waals surface area contributed by atoms with Crippen LogP contribution in [0.5, 0.6) is 0 Å². The lowest BCUT2D eigenvalue weighted by molar-refractivity contribution is -0.117. The Hall–Kier alpha value is -4.64. The second-order valence-corrected chi connectivity index (χ2v) is 11.7. The molecule has 1 fully saturated rings. The van der Waals surface area contributed by atoms with Gasteiger partial charge in [0.05, 0.1) is 29.5 Å². The van der Waals surface area contributed by atoms with Crippen LogP contribution >= 0.6 is 0 Å². The molecule has 212 valence electrons. The van der Waals surface area contributed by atoms with Crippen molar-refractivity contribution in [2.75, 3.05) is 36.5 Å². The number of carbonyl (C=O) groups is 2. The van der Waals surface area contributed by atoms with Crippen molar-refractivity contribution in [2.24, 2.45) is 4.99 Å². The molecule has 0 radical (unpaired) electrons. The Morgan fingerprint density at radius 2 is 1.52 bits per heavy atom. The molecule has 2 heterocycles. The lowest BCUT2D eigenvalue weighted by Crippen LogP contribution is -2.46. The number of benzodiazepines with no additional fused rings is 1. The number of sulfonamides is 1. The van der Waals surface area contributed by atoms with E-state index >= 15 is 0 Å². The van der Waals surface area contributed by atoms with Crippen LogP contribution in [0, 0.1) is 0 Å². The molecule has 0 bridgehead atoms. The van der Waals surface area contributed by atoms with Gasteiger partial charge in [-0.15, -0.1) is 0 Å². The maximum Gasteiger partial charge on any atom is 0.270 e. The van der Waals surface area contributed by atoms with E-state index in [9.17, 15) is 18.0 Å². The molecule has 2 aliphatic heterocycles. The first-order valence-electron chi connectivity index (χ1n) is 13.5. The van der Waals surface area contributed by atoms with Crippen LogP contribution in [-0.2, 0) is 19.6 Å². The number of benzene rings is 4. The summed E-state index contributed by atoms with van der Waals surface area (Å²) in [5.41, 5.74) is 3.17. The number of nitrogens with zero attached hydrogens (tertiary/aromatic N) is 3. The van der Waals surface area contributed by atoms with Crippen molar-refractivity contribution in [1.29, 1.82) is 0 Å². The largest absolute Gasteiger partial charge is 0.379 e. The molecular formula is C32H28N4O5S. The first-order chi connectivity index (χ1) is 20.4. The summed E-state index contributed by atoms with van der Waals surface area (Å²) in [4.78, 5) is 34.3. The first-order valence-corrected chi connectivity index (χ1v) is 15.0. The molecular weight excluding hydrogens is 552 g/mol. The molecule has 4 aromatic rings. The molecule has 1 N–H and O–H groups in total. The van der Waals surface area contributed by atoms with Gasteiger partial charge in [0.15, 0.2) is 0 Å². The number of fused-ring (bicyclic) bond motifs is 1. The minimum absolute atomic E-state index is 0.00513. The average Bonchev–Trinajstić information content (AvgIpc) is 3.18. The second-order valence-electron chi connectivity index (χ2n) is 9.81. The van der Waals surface area contributed by atoms with Gasteiger partial charge in [0.1, 0.15) is 0 Å². The molecule has 0 spiro atoms. The zero-order chi connectivity index (χ0) is 29.1. The SMILES string of the molecule is O=C1Nc2ccccc2C(c2ccccc2)=N[C@H]1N(C(=O)c1cccc(S(=O)(=O)N2CCOCC2)c1)c1ccccc1. The predicted octanol–water partition coefficient (Wildman–Crippen LogP) is 4.17. The summed E-state index contributed by atoms with van der Waals surface area (Å²) in [6.07, 6.45) is -1.29. The van der Waals surface area contributed by atoms with Gasteiger partial charge in [-0.2, -0.15) is 4.31 Å². The van der Waals surface area contributed by atoms with Gasteiger partial charge in [0.25, 0.3) is 11.8 Å². The van der Waals surface area contributed by atoms with E-state index in [2.05, 4.69) is 5.32 Å². The van der Waals surface area contributed by atoms with Crippen LogP contribution in [0.3, 0.4) is 0 Å². The van der Waals surface area contributed by atoms with Crippen LogP contribution in [0.2, 0.25) is 0 Å². The molecule has 10 heteroatoms. The minimum atomic E-state index is -3.86. The normalized spacial score (nSPS) is 17.4. The van der Waals surface area contributed by atoms with Gasteiger partial charge in [-0.25, -0.2) is 13.4 Å². The fraction of sp³-hybridized carbons (Fsp3) is 0.156. The van der Waals surface area contributed by atoms with E-state index < -0.39 is 28.0 Å². The number of morpholine rings is 1. The molecule has 1 saturated heterocycles. The van der Waals surface area contributed by atoms with E-state index in [-0.39, 0.29) is 23.5 Å². The van der Waals surface area contributed by atoms with E-state index in [1.807, 2.05) is 54.6 Å². The summed E-state index contributed by atoms with van der Waals surface area (Å²) in [5, 5.41) is 2.95. The molecule has 42 heavy (non-hydrogen) atoms. The van der Waals surface area contributed by atoms with Crippen LogP contribution in [0.15, 0.2) is 119 Å².